The zero-order valence-electron chi connectivity index (χ0n) is 28.2. The van der Waals surface area contributed by atoms with E-state index in [0.29, 0.717) is 69.6 Å². The highest BCUT2D eigenvalue weighted by atomic mass is 16.5. The first kappa shape index (κ1) is 36.9. The second kappa shape index (κ2) is 21.2. The third-order valence-electron chi connectivity index (χ3n) is 7.71. The van der Waals surface area contributed by atoms with Gasteiger partial charge in [0, 0.05) is 50.7 Å². The number of aliphatic carboxylic acids is 1. The number of hydrogen-bond donors (Lipinski definition) is 3. The van der Waals surface area contributed by atoms with Crippen LogP contribution in [0.1, 0.15) is 73.1 Å². The maximum absolute atomic E-state index is 13.0. The van der Waals surface area contributed by atoms with Crippen LogP contribution in [-0.4, -0.2) is 74.7 Å². The minimum Gasteiger partial charge on any atom is -0.494 e. The van der Waals surface area contributed by atoms with Crippen LogP contribution >= 0.6 is 0 Å². The van der Waals surface area contributed by atoms with Gasteiger partial charge in [0.05, 0.1) is 26.4 Å². The second-order valence-electron chi connectivity index (χ2n) is 11.5. The van der Waals surface area contributed by atoms with Crippen molar-refractivity contribution in [3.8, 4) is 17.3 Å². The van der Waals surface area contributed by atoms with Crippen molar-refractivity contribution in [2.75, 3.05) is 38.4 Å². The lowest BCUT2D eigenvalue weighted by molar-refractivity contribution is -0.137. The molecule has 0 bridgehead atoms. The minimum absolute atomic E-state index is 0.166. The standard InChI is InChI=1S/C36H47N7O6/c1-43-33(41-42-35(43)32-16-17-37-27-40-32)26-38-30-13-10-12-29(24-30)36(46)39-25-28-11-9-14-31(23-28)49-20-8-3-2-6-18-47-21-22-48-19-7-4-5-15-34(44)45/h9-14,16-17,23-24,27,38H,2-8,15,18-22,25-26H2,1H3,(H,39,46)(H,44,45). The molecule has 2 aromatic heterocycles. The van der Waals surface area contributed by atoms with E-state index >= 15 is 0 Å². The van der Waals surface area contributed by atoms with Gasteiger partial charge in [0.25, 0.3) is 5.91 Å². The first-order valence-corrected chi connectivity index (χ1v) is 16.9. The monoisotopic (exact) mass is 673 g/mol. The van der Waals surface area contributed by atoms with E-state index in [-0.39, 0.29) is 12.3 Å². The quantitative estimate of drug-likeness (QED) is 0.0813. The van der Waals surface area contributed by atoms with Crippen LogP contribution in [0.4, 0.5) is 5.69 Å². The lowest BCUT2D eigenvalue weighted by Crippen LogP contribution is -2.22. The van der Waals surface area contributed by atoms with Gasteiger partial charge in [0.15, 0.2) is 11.6 Å². The molecule has 0 saturated heterocycles. The zero-order valence-corrected chi connectivity index (χ0v) is 28.2. The third-order valence-corrected chi connectivity index (χ3v) is 7.71. The van der Waals surface area contributed by atoms with Crippen LogP contribution in [0.15, 0.2) is 67.1 Å². The molecule has 0 saturated carbocycles. The summed E-state index contributed by atoms with van der Waals surface area (Å²) in [6.45, 7) is 3.96. The Labute approximate surface area is 287 Å². The van der Waals surface area contributed by atoms with Crippen molar-refractivity contribution < 1.29 is 28.9 Å². The number of aromatic nitrogens is 5. The number of nitrogens with one attached hydrogen (secondary N) is 2. The van der Waals surface area contributed by atoms with Crippen molar-refractivity contribution in [3.63, 3.8) is 0 Å². The second-order valence-corrected chi connectivity index (χ2v) is 11.5. The summed E-state index contributed by atoms with van der Waals surface area (Å²) in [5.74, 6) is 1.26. The summed E-state index contributed by atoms with van der Waals surface area (Å²) in [5.41, 5.74) is 3.01. The molecule has 0 fully saturated rings. The van der Waals surface area contributed by atoms with Gasteiger partial charge in [-0.15, -0.1) is 10.2 Å². The lowest BCUT2D eigenvalue weighted by Gasteiger charge is -2.11. The van der Waals surface area contributed by atoms with Crippen molar-refractivity contribution in [3.05, 3.63) is 84.1 Å². The number of carboxylic acid groups (broad SMARTS) is 1. The molecule has 3 N–H and O–H groups in total. The number of nitrogens with zero attached hydrogens (tertiary/aromatic N) is 5. The molecule has 2 aromatic carbocycles. The Morgan fingerprint density at radius 1 is 0.816 bits per heavy atom. The molecule has 49 heavy (non-hydrogen) atoms. The number of carbonyl (C=O) groups is 2. The smallest absolute Gasteiger partial charge is 0.303 e. The third kappa shape index (κ3) is 13.6. The summed E-state index contributed by atoms with van der Waals surface area (Å²) in [4.78, 5) is 31.6. The predicted molar refractivity (Wildman–Crippen MR) is 185 cm³/mol. The number of hydrogen-bond acceptors (Lipinski definition) is 10. The van der Waals surface area contributed by atoms with E-state index in [1.807, 2.05) is 54.1 Å². The molecule has 0 aliphatic heterocycles. The van der Waals surface area contributed by atoms with Gasteiger partial charge in [-0.25, -0.2) is 9.97 Å². The van der Waals surface area contributed by atoms with Crippen LogP contribution in [0, 0.1) is 0 Å². The normalized spacial score (nSPS) is 11.0. The van der Waals surface area contributed by atoms with E-state index in [1.54, 1.807) is 18.3 Å². The average molecular weight is 674 g/mol. The van der Waals surface area contributed by atoms with Gasteiger partial charge in [-0.05, 0) is 74.1 Å². The molecular weight excluding hydrogens is 626 g/mol. The average Bonchev–Trinajstić information content (AvgIpc) is 3.49. The van der Waals surface area contributed by atoms with Crippen molar-refractivity contribution in [1.29, 1.82) is 0 Å². The Bertz CT molecular complexity index is 1570. The molecular formula is C36H47N7O6. The molecule has 13 heteroatoms. The molecule has 4 rings (SSSR count). The summed E-state index contributed by atoms with van der Waals surface area (Å²) in [6, 6.07) is 16.9. The molecule has 0 atom stereocenters. The fourth-order valence-corrected chi connectivity index (χ4v) is 4.97. The fourth-order valence-electron chi connectivity index (χ4n) is 4.97. The molecule has 1 amide bonds. The van der Waals surface area contributed by atoms with Crippen LogP contribution in [-0.2, 0) is 34.4 Å². The largest absolute Gasteiger partial charge is 0.494 e. The molecule has 0 unspecified atom stereocenters. The van der Waals surface area contributed by atoms with Crippen LogP contribution in [0.3, 0.4) is 0 Å². The highest BCUT2D eigenvalue weighted by molar-refractivity contribution is 5.95. The first-order valence-electron chi connectivity index (χ1n) is 16.9. The summed E-state index contributed by atoms with van der Waals surface area (Å²) in [6.07, 6.45) is 9.90. The Morgan fingerprint density at radius 2 is 1.57 bits per heavy atom. The SMILES string of the molecule is Cn1c(CNc2cccc(C(=O)NCc3cccc(OCCCCCCOCCOCCCCCC(=O)O)c3)c2)nnc1-c1ccncn1. The van der Waals surface area contributed by atoms with Gasteiger partial charge < -0.3 is 34.5 Å². The van der Waals surface area contributed by atoms with Crippen molar-refractivity contribution in [1.82, 2.24) is 30.0 Å². The van der Waals surface area contributed by atoms with Crippen molar-refractivity contribution in [2.24, 2.45) is 7.05 Å². The molecule has 0 aliphatic carbocycles. The molecule has 2 heterocycles. The Balaban J connectivity index is 1.06. The molecule has 0 aliphatic rings. The maximum Gasteiger partial charge on any atom is 0.303 e. The van der Waals surface area contributed by atoms with Gasteiger partial charge in [0.2, 0.25) is 0 Å². The molecule has 13 nitrogen and oxygen atoms in total. The van der Waals surface area contributed by atoms with Gasteiger partial charge in [-0.2, -0.15) is 0 Å². The number of benzene rings is 2. The number of rotatable bonds is 24. The number of unbranched alkanes of at least 4 members (excludes halogenated alkanes) is 5. The number of ether oxygens (including phenoxy) is 3. The lowest BCUT2D eigenvalue weighted by atomic mass is 10.1. The number of carboxylic acids is 1. The number of carbonyl (C=O) groups excluding carboxylic acids is 1. The predicted octanol–water partition coefficient (Wildman–Crippen LogP) is 5.43. The Morgan fingerprint density at radius 3 is 2.33 bits per heavy atom. The maximum atomic E-state index is 13.0. The highest BCUT2D eigenvalue weighted by Crippen LogP contribution is 2.17. The van der Waals surface area contributed by atoms with E-state index in [9.17, 15) is 9.59 Å². The highest BCUT2D eigenvalue weighted by Gasteiger charge is 2.12. The summed E-state index contributed by atoms with van der Waals surface area (Å²) >= 11 is 0. The topological polar surface area (TPSA) is 163 Å². The number of anilines is 1. The van der Waals surface area contributed by atoms with Crippen molar-refractivity contribution >= 4 is 17.6 Å². The minimum atomic E-state index is -0.744. The molecule has 4 aromatic rings. The Kier molecular flexibility index (Phi) is 16.0. The fraction of sp³-hybridized carbons (Fsp3) is 0.444. The van der Waals surface area contributed by atoms with E-state index in [2.05, 4.69) is 30.8 Å². The van der Waals surface area contributed by atoms with Crippen LogP contribution in [0.5, 0.6) is 5.75 Å². The summed E-state index contributed by atoms with van der Waals surface area (Å²) in [5, 5.41) is 23.5. The molecule has 262 valence electrons. The van der Waals surface area contributed by atoms with Crippen LogP contribution in [0.2, 0.25) is 0 Å². The van der Waals surface area contributed by atoms with E-state index < -0.39 is 5.97 Å². The Hall–Kier alpha value is -4.88. The first-order chi connectivity index (χ1) is 24.0. The molecule has 0 radical (unpaired) electrons. The van der Waals surface area contributed by atoms with Gasteiger partial charge >= 0.3 is 5.97 Å². The van der Waals surface area contributed by atoms with E-state index in [4.69, 9.17) is 19.3 Å². The van der Waals surface area contributed by atoms with E-state index in [1.165, 1.54) is 6.33 Å². The van der Waals surface area contributed by atoms with Crippen LogP contribution in [0.25, 0.3) is 11.5 Å². The van der Waals surface area contributed by atoms with Gasteiger partial charge in [-0.1, -0.05) is 31.0 Å². The summed E-state index contributed by atoms with van der Waals surface area (Å²) in [7, 11) is 1.89. The van der Waals surface area contributed by atoms with Crippen molar-refractivity contribution in [2.45, 2.75) is 64.5 Å². The number of amides is 1. The van der Waals surface area contributed by atoms with Gasteiger partial charge in [-0.3, -0.25) is 9.59 Å². The van der Waals surface area contributed by atoms with E-state index in [0.717, 1.165) is 61.3 Å². The summed E-state index contributed by atoms with van der Waals surface area (Å²) < 4.78 is 19.0. The molecule has 0 spiro atoms. The van der Waals surface area contributed by atoms with Gasteiger partial charge in [0.1, 0.15) is 17.8 Å². The zero-order chi connectivity index (χ0) is 34.5. The van der Waals surface area contributed by atoms with Crippen LogP contribution < -0.4 is 15.4 Å².